The molecule has 0 aliphatic heterocycles. The highest BCUT2D eigenvalue weighted by atomic mass is 32.2. The van der Waals surface area contributed by atoms with Crippen LogP contribution < -0.4 is 10.6 Å². The van der Waals surface area contributed by atoms with Crippen molar-refractivity contribution in [1.82, 2.24) is 25.2 Å². The molecule has 0 unspecified atom stereocenters. The molecule has 0 radical (unpaired) electrons. The van der Waals surface area contributed by atoms with E-state index in [0.717, 1.165) is 60.2 Å². The van der Waals surface area contributed by atoms with Gasteiger partial charge in [-0.3, -0.25) is 4.40 Å². The summed E-state index contributed by atoms with van der Waals surface area (Å²) >= 11 is 1.68. The van der Waals surface area contributed by atoms with Crippen LogP contribution in [0.3, 0.4) is 0 Å². The first-order valence-electron chi connectivity index (χ1n) is 9.78. The number of aryl methyl sites for hydroxylation is 1. The molecule has 0 bridgehead atoms. The van der Waals surface area contributed by atoms with E-state index in [0.29, 0.717) is 6.54 Å². The van der Waals surface area contributed by atoms with Crippen LogP contribution in [0.1, 0.15) is 30.3 Å². The predicted octanol–water partition coefficient (Wildman–Crippen LogP) is 3.42. The van der Waals surface area contributed by atoms with Gasteiger partial charge in [-0.2, -0.15) is 11.8 Å². The smallest absolute Gasteiger partial charge is 0.191 e. The molecule has 0 fully saturated rings. The summed E-state index contributed by atoms with van der Waals surface area (Å²) < 4.78 is 15.5. The Bertz CT molecular complexity index is 955. The van der Waals surface area contributed by atoms with E-state index in [1.165, 1.54) is 6.07 Å². The van der Waals surface area contributed by atoms with E-state index in [9.17, 15) is 4.39 Å². The molecule has 2 heterocycles. The Kier molecular flexibility index (Phi) is 7.86. The molecule has 0 saturated carbocycles. The molecule has 0 spiro atoms. The molecule has 0 atom stereocenters. The summed E-state index contributed by atoms with van der Waals surface area (Å²) in [5.41, 5.74) is 2.91. The molecule has 6 nitrogen and oxygen atoms in total. The number of thioether (sulfide) groups is 1. The fourth-order valence-electron chi connectivity index (χ4n) is 3.06. The Morgan fingerprint density at radius 3 is 2.90 bits per heavy atom. The maximum atomic E-state index is 13.5. The number of benzene rings is 1. The SMILES string of the molecule is CCNC(=NCc1ccc(F)cc1CSC)NCCCc1nnc2ccccn12. The Morgan fingerprint density at radius 1 is 1.17 bits per heavy atom. The largest absolute Gasteiger partial charge is 0.357 e. The number of nitrogens with one attached hydrogen (secondary N) is 2. The number of fused-ring (bicyclic) bond motifs is 1. The minimum atomic E-state index is -0.201. The quantitative estimate of drug-likeness (QED) is 0.319. The van der Waals surface area contributed by atoms with Crippen molar-refractivity contribution in [2.24, 2.45) is 4.99 Å². The molecular formula is C21H27FN6S. The molecule has 0 amide bonds. The summed E-state index contributed by atoms with van der Waals surface area (Å²) in [5.74, 6) is 2.29. The molecule has 3 rings (SSSR count). The molecule has 2 aromatic heterocycles. The van der Waals surface area contributed by atoms with Crippen LogP contribution in [-0.4, -0.2) is 39.9 Å². The van der Waals surface area contributed by atoms with Crippen LogP contribution in [0.2, 0.25) is 0 Å². The molecule has 154 valence electrons. The number of rotatable bonds is 9. The van der Waals surface area contributed by atoms with Gasteiger partial charge in [-0.1, -0.05) is 12.1 Å². The van der Waals surface area contributed by atoms with Crippen LogP contribution in [0.5, 0.6) is 0 Å². The highest BCUT2D eigenvalue weighted by Crippen LogP contribution is 2.17. The average molecular weight is 415 g/mol. The van der Waals surface area contributed by atoms with E-state index in [1.54, 1.807) is 17.8 Å². The van der Waals surface area contributed by atoms with Crippen molar-refractivity contribution in [3.8, 4) is 0 Å². The van der Waals surface area contributed by atoms with Crippen LogP contribution in [0.25, 0.3) is 5.65 Å². The van der Waals surface area contributed by atoms with Gasteiger partial charge in [0.05, 0.1) is 6.54 Å². The van der Waals surface area contributed by atoms with Crippen molar-refractivity contribution < 1.29 is 4.39 Å². The van der Waals surface area contributed by atoms with E-state index >= 15 is 0 Å². The summed E-state index contributed by atoms with van der Waals surface area (Å²) in [5, 5.41) is 15.1. The monoisotopic (exact) mass is 414 g/mol. The van der Waals surface area contributed by atoms with Gasteiger partial charge >= 0.3 is 0 Å². The van der Waals surface area contributed by atoms with Crippen molar-refractivity contribution in [2.75, 3.05) is 19.3 Å². The minimum Gasteiger partial charge on any atom is -0.357 e. The number of halogens is 1. The average Bonchev–Trinajstić information content (AvgIpc) is 3.14. The van der Waals surface area contributed by atoms with Gasteiger partial charge in [-0.05, 0) is 55.0 Å². The van der Waals surface area contributed by atoms with Crippen LogP contribution >= 0.6 is 11.8 Å². The molecule has 0 aliphatic rings. The number of nitrogens with zero attached hydrogens (tertiary/aromatic N) is 4. The van der Waals surface area contributed by atoms with Crippen LogP contribution in [0.4, 0.5) is 4.39 Å². The second kappa shape index (κ2) is 10.8. The van der Waals surface area contributed by atoms with Crippen LogP contribution in [0.15, 0.2) is 47.6 Å². The zero-order chi connectivity index (χ0) is 20.5. The first kappa shape index (κ1) is 21.1. The number of guanidine groups is 1. The van der Waals surface area contributed by atoms with Gasteiger partial charge in [-0.15, -0.1) is 10.2 Å². The zero-order valence-corrected chi connectivity index (χ0v) is 17.7. The van der Waals surface area contributed by atoms with Gasteiger partial charge in [0.2, 0.25) is 0 Å². The van der Waals surface area contributed by atoms with Crippen LogP contribution in [0, 0.1) is 5.82 Å². The first-order valence-corrected chi connectivity index (χ1v) is 11.2. The van der Waals surface area contributed by atoms with Crippen molar-refractivity contribution in [3.05, 3.63) is 65.4 Å². The lowest BCUT2D eigenvalue weighted by Gasteiger charge is -2.12. The molecule has 0 aliphatic carbocycles. The van der Waals surface area contributed by atoms with E-state index in [1.807, 2.05) is 48.0 Å². The molecule has 1 aromatic carbocycles. The maximum absolute atomic E-state index is 13.5. The lowest BCUT2D eigenvalue weighted by Crippen LogP contribution is -2.37. The third kappa shape index (κ3) is 5.93. The highest BCUT2D eigenvalue weighted by Gasteiger charge is 2.06. The van der Waals surface area contributed by atoms with E-state index in [-0.39, 0.29) is 5.82 Å². The van der Waals surface area contributed by atoms with Crippen molar-refractivity contribution in [3.63, 3.8) is 0 Å². The lowest BCUT2D eigenvalue weighted by molar-refractivity contribution is 0.625. The summed E-state index contributed by atoms with van der Waals surface area (Å²) in [6.45, 7) is 4.10. The number of aliphatic imine (C=N–C) groups is 1. The Morgan fingerprint density at radius 2 is 2.07 bits per heavy atom. The number of aromatic nitrogens is 3. The van der Waals surface area contributed by atoms with Crippen molar-refractivity contribution in [1.29, 1.82) is 0 Å². The highest BCUT2D eigenvalue weighted by molar-refractivity contribution is 7.97. The van der Waals surface area contributed by atoms with Crippen molar-refractivity contribution in [2.45, 2.75) is 32.1 Å². The zero-order valence-electron chi connectivity index (χ0n) is 16.9. The summed E-state index contributed by atoms with van der Waals surface area (Å²) in [6.07, 6.45) is 5.74. The number of hydrogen-bond donors (Lipinski definition) is 2. The number of pyridine rings is 1. The van der Waals surface area contributed by atoms with E-state index < -0.39 is 0 Å². The molecule has 2 N–H and O–H groups in total. The summed E-state index contributed by atoms with van der Waals surface area (Å²) in [4.78, 5) is 4.67. The van der Waals surface area contributed by atoms with E-state index in [4.69, 9.17) is 0 Å². The minimum absolute atomic E-state index is 0.201. The van der Waals surface area contributed by atoms with Gasteiger partial charge in [0.25, 0.3) is 0 Å². The standard InChI is InChI=1S/C21H27FN6S/c1-3-23-21(25-14-16-9-10-18(22)13-17(16)15-29-2)24-11-6-8-20-27-26-19-7-4-5-12-28(19)20/h4-5,7,9-10,12-13H,3,6,8,11,14-15H2,1-2H3,(H2,23,24,25). The molecule has 8 heteroatoms. The summed E-state index contributed by atoms with van der Waals surface area (Å²) in [6, 6.07) is 10.8. The second-order valence-electron chi connectivity index (χ2n) is 6.62. The Balaban J connectivity index is 1.56. The topological polar surface area (TPSA) is 66.6 Å². The van der Waals surface area contributed by atoms with Crippen LogP contribution in [-0.2, 0) is 18.7 Å². The first-order chi connectivity index (χ1) is 14.2. The normalized spacial score (nSPS) is 11.8. The third-order valence-corrected chi connectivity index (χ3v) is 5.07. The fraction of sp³-hybridized carbons (Fsp3) is 0.381. The lowest BCUT2D eigenvalue weighted by atomic mass is 10.1. The summed E-state index contributed by atoms with van der Waals surface area (Å²) in [7, 11) is 0. The van der Waals surface area contributed by atoms with Crippen molar-refractivity contribution >= 4 is 23.4 Å². The van der Waals surface area contributed by atoms with Gasteiger partial charge in [0, 0.05) is 31.5 Å². The Hall–Kier alpha value is -2.61. The fourth-order valence-corrected chi connectivity index (χ4v) is 3.64. The van der Waals surface area contributed by atoms with Gasteiger partial charge in [0.1, 0.15) is 11.6 Å². The van der Waals surface area contributed by atoms with Gasteiger partial charge in [0.15, 0.2) is 11.6 Å². The third-order valence-electron chi connectivity index (χ3n) is 4.47. The maximum Gasteiger partial charge on any atom is 0.191 e. The second-order valence-corrected chi connectivity index (χ2v) is 7.48. The molecule has 29 heavy (non-hydrogen) atoms. The molecular weight excluding hydrogens is 387 g/mol. The molecule has 0 saturated heterocycles. The van der Waals surface area contributed by atoms with Gasteiger partial charge < -0.3 is 10.6 Å². The predicted molar refractivity (Wildman–Crippen MR) is 118 cm³/mol. The van der Waals surface area contributed by atoms with Gasteiger partial charge in [-0.25, -0.2) is 9.38 Å². The molecule has 3 aromatic rings. The van der Waals surface area contributed by atoms with E-state index in [2.05, 4.69) is 25.8 Å². The number of hydrogen-bond acceptors (Lipinski definition) is 4. The Labute approximate surface area is 175 Å².